The van der Waals surface area contributed by atoms with Crippen LogP contribution in [0.4, 0.5) is 5.69 Å². The van der Waals surface area contributed by atoms with Crippen LogP contribution in [0.15, 0.2) is 47.6 Å². The molecule has 114 valence electrons. The highest BCUT2D eigenvalue weighted by molar-refractivity contribution is 7.80. The molecule has 0 aliphatic rings. The van der Waals surface area contributed by atoms with Gasteiger partial charge in [-0.05, 0) is 57.1 Å². The lowest BCUT2D eigenvalue weighted by Gasteiger charge is -2.11. The summed E-state index contributed by atoms with van der Waals surface area (Å²) in [7, 11) is 0. The molecule has 0 aromatic heterocycles. The molecule has 2 rings (SSSR count). The Labute approximate surface area is 137 Å². The third-order valence-electron chi connectivity index (χ3n) is 3.42. The van der Waals surface area contributed by atoms with Crippen molar-refractivity contribution in [3.63, 3.8) is 0 Å². The molecule has 22 heavy (non-hydrogen) atoms. The predicted octanol–water partition coefficient (Wildman–Crippen LogP) is 4.32. The Kier molecular flexibility index (Phi) is 5.28. The van der Waals surface area contributed by atoms with E-state index in [1.54, 1.807) is 0 Å². The van der Waals surface area contributed by atoms with Crippen molar-refractivity contribution in [2.75, 3.05) is 5.32 Å². The van der Waals surface area contributed by atoms with Crippen LogP contribution in [0.1, 0.15) is 29.2 Å². The van der Waals surface area contributed by atoms with Gasteiger partial charge < -0.3 is 5.32 Å². The van der Waals surface area contributed by atoms with E-state index in [0.717, 1.165) is 22.5 Å². The van der Waals surface area contributed by atoms with E-state index >= 15 is 0 Å². The van der Waals surface area contributed by atoms with E-state index in [1.165, 1.54) is 11.1 Å². The van der Waals surface area contributed by atoms with Gasteiger partial charge >= 0.3 is 0 Å². The molecule has 0 unspecified atom stereocenters. The Morgan fingerprint density at radius 3 is 2.23 bits per heavy atom. The predicted molar refractivity (Wildman–Crippen MR) is 98.7 cm³/mol. The monoisotopic (exact) mass is 311 g/mol. The van der Waals surface area contributed by atoms with Gasteiger partial charge in [-0.3, -0.25) is 5.43 Å². The molecule has 2 aromatic rings. The summed E-state index contributed by atoms with van der Waals surface area (Å²) in [6, 6.07) is 14.4. The van der Waals surface area contributed by atoms with Gasteiger partial charge in [-0.15, -0.1) is 0 Å². The summed E-state index contributed by atoms with van der Waals surface area (Å²) in [5.41, 5.74) is 9.48. The lowest BCUT2D eigenvalue weighted by molar-refractivity contribution is 1.04. The summed E-state index contributed by atoms with van der Waals surface area (Å²) in [6.07, 6.45) is 0. The topological polar surface area (TPSA) is 36.4 Å². The lowest BCUT2D eigenvalue weighted by atomic mass is 10.1. The lowest BCUT2D eigenvalue weighted by Crippen LogP contribution is -2.25. The molecule has 0 amide bonds. The number of hydrogen-bond donors (Lipinski definition) is 2. The molecule has 0 aliphatic carbocycles. The van der Waals surface area contributed by atoms with E-state index in [4.69, 9.17) is 12.2 Å². The number of anilines is 1. The Bertz CT molecular complexity index is 703. The van der Waals surface area contributed by atoms with E-state index in [2.05, 4.69) is 73.0 Å². The van der Waals surface area contributed by atoms with E-state index in [0.29, 0.717) is 5.11 Å². The molecule has 0 fully saturated rings. The van der Waals surface area contributed by atoms with E-state index in [1.807, 2.05) is 13.0 Å². The molecular weight excluding hydrogens is 290 g/mol. The van der Waals surface area contributed by atoms with Gasteiger partial charge in [0.05, 0.1) is 5.71 Å². The second-order valence-electron chi connectivity index (χ2n) is 5.45. The number of nitrogens with one attached hydrogen (secondary N) is 2. The van der Waals surface area contributed by atoms with Crippen LogP contribution in [0.2, 0.25) is 0 Å². The average Bonchev–Trinajstić information content (AvgIpc) is 2.48. The first-order valence-corrected chi connectivity index (χ1v) is 7.62. The number of hydrazone groups is 1. The van der Waals surface area contributed by atoms with Gasteiger partial charge in [0.25, 0.3) is 0 Å². The van der Waals surface area contributed by atoms with Crippen molar-refractivity contribution >= 4 is 28.7 Å². The molecule has 0 saturated heterocycles. The van der Waals surface area contributed by atoms with Crippen LogP contribution >= 0.6 is 12.2 Å². The Morgan fingerprint density at radius 1 is 0.955 bits per heavy atom. The summed E-state index contributed by atoms with van der Waals surface area (Å²) < 4.78 is 0. The molecule has 4 heteroatoms. The van der Waals surface area contributed by atoms with Crippen molar-refractivity contribution in [1.82, 2.24) is 5.43 Å². The fourth-order valence-electron chi connectivity index (χ4n) is 2.10. The SMILES string of the molecule is CC(=NNC(=S)Nc1ccc(C)cc1C)c1ccc(C)cc1. The standard InChI is InChI=1S/C18H21N3S/c1-12-5-8-16(9-6-12)15(4)20-21-18(22)19-17-10-7-13(2)11-14(17)3/h5-11H,1-4H3,(H2,19,21,22). The van der Waals surface area contributed by atoms with E-state index in [-0.39, 0.29) is 0 Å². The third-order valence-corrected chi connectivity index (χ3v) is 3.62. The van der Waals surface area contributed by atoms with Crippen molar-refractivity contribution < 1.29 is 0 Å². The van der Waals surface area contributed by atoms with Gasteiger partial charge in [-0.2, -0.15) is 5.10 Å². The number of rotatable bonds is 3. The zero-order chi connectivity index (χ0) is 16.1. The number of benzene rings is 2. The Hall–Kier alpha value is -2.20. The molecule has 2 N–H and O–H groups in total. The second-order valence-corrected chi connectivity index (χ2v) is 5.86. The van der Waals surface area contributed by atoms with Crippen LogP contribution in [-0.2, 0) is 0 Å². The fraction of sp³-hybridized carbons (Fsp3) is 0.222. The highest BCUT2D eigenvalue weighted by Gasteiger charge is 2.02. The second kappa shape index (κ2) is 7.18. The van der Waals surface area contributed by atoms with Gasteiger partial charge in [0, 0.05) is 5.69 Å². The molecule has 2 aromatic carbocycles. The Morgan fingerprint density at radius 2 is 1.59 bits per heavy atom. The van der Waals surface area contributed by atoms with Crippen LogP contribution in [-0.4, -0.2) is 10.8 Å². The molecule has 0 heterocycles. The molecule has 0 bridgehead atoms. The van der Waals surface area contributed by atoms with Crippen molar-refractivity contribution in [2.45, 2.75) is 27.7 Å². The quantitative estimate of drug-likeness (QED) is 0.503. The minimum Gasteiger partial charge on any atom is -0.331 e. The largest absolute Gasteiger partial charge is 0.331 e. The maximum Gasteiger partial charge on any atom is 0.191 e. The molecule has 0 radical (unpaired) electrons. The third kappa shape index (κ3) is 4.40. The van der Waals surface area contributed by atoms with E-state index in [9.17, 15) is 0 Å². The number of nitrogens with zero attached hydrogens (tertiary/aromatic N) is 1. The molecule has 0 spiro atoms. The van der Waals surface area contributed by atoms with Crippen LogP contribution in [0.3, 0.4) is 0 Å². The van der Waals surface area contributed by atoms with Crippen LogP contribution in [0, 0.1) is 20.8 Å². The van der Waals surface area contributed by atoms with Gasteiger partial charge in [0.2, 0.25) is 0 Å². The number of thiocarbonyl (C=S) groups is 1. The number of aryl methyl sites for hydroxylation is 3. The molecular formula is C18H21N3S. The van der Waals surface area contributed by atoms with Crippen LogP contribution < -0.4 is 10.7 Å². The fourth-order valence-corrected chi connectivity index (χ4v) is 2.25. The van der Waals surface area contributed by atoms with Gasteiger partial charge in [-0.25, -0.2) is 0 Å². The first kappa shape index (κ1) is 16.2. The molecule has 0 atom stereocenters. The summed E-state index contributed by atoms with van der Waals surface area (Å²) in [5, 5.41) is 7.98. The van der Waals surface area contributed by atoms with Gasteiger partial charge in [-0.1, -0.05) is 47.5 Å². The minimum atomic E-state index is 0.485. The average molecular weight is 311 g/mol. The maximum absolute atomic E-state index is 5.29. The van der Waals surface area contributed by atoms with Crippen LogP contribution in [0.5, 0.6) is 0 Å². The highest BCUT2D eigenvalue weighted by atomic mass is 32.1. The van der Waals surface area contributed by atoms with Gasteiger partial charge in [0.15, 0.2) is 5.11 Å². The first-order chi connectivity index (χ1) is 10.5. The normalized spacial score (nSPS) is 11.2. The van der Waals surface area contributed by atoms with Gasteiger partial charge in [0.1, 0.15) is 0 Å². The zero-order valence-electron chi connectivity index (χ0n) is 13.4. The van der Waals surface area contributed by atoms with E-state index < -0.39 is 0 Å². The summed E-state index contributed by atoms with van der Waals surface area (Å²) >= 11 is 5.29. The zero-order valence-corrected chi connectivity index (χ0v) is 14.2. The molecule has 3 nitrogen and oxygen atoms in total. The summed E-state index contributed by atoms with van der Waals surface area (Å²) in [5.74, 6) is 0. The number of hydrogen-bond acceptors (Lipinski definition) is 2. The Balaban J connectivity index is 1.99. The smallest absolute Gasteiger partial charge is 0.191 e. The molecule has 0 saturated carbocycles. The van der Waals surface area contributed by atoms with Crippen molar-refractivity contribution in [3.8, 4) is 0 Å². The van der Waals surface area contributed by atoms with Crippen LogP contribution in [0.25, 0.3) is 0 Å². The first-order valence-electron chi connectivity index (χ1n) is 7.21. The minimum absolute atomic E-state index is 0.485. The molecule has 0 aliphatic heterocycles. The summed E-state index contributed by atoms with van der Waals surface area (Å²) in [6.45, 7) is 8.15. The van der Waals surface area contributed by atoms with Crippen molar-refractivity contribution in [3.05, 3.63) is 64.7 Å². The maximum atomic E-state index is 5.29. The highest BCUT2D eigenvalue weighted by Crippen LogP contribution is 2.15. The van der Waals surface area contributed by atoms with Crippen molar-refractivity contribution in [2.24, 2.45) is 5.10 Å². The summed E-state index contributed by atoms with van der Waals surface area (Å²) in [4.78, 5) is 0. The van der Waals surface area contributed by atoms with Crippen molar-refractivity contribution in [1.29, 1.82) is 0 Å².